The first-order valence-electron chi connectivity index (χ1n) is 9.41. The highest BCUT2D eigenvalue weighted by molar-refractivity contribution is 8.01. The highest BCUT2D eigenvalue weighted by Gasteiger charge is 2.35. The average Bonchev–Trinajstić information content (AvgIpc) is 3.44. The summed E-state index contributed by atoms with van der Waals surface area (Å²) >= 11 is 2.60. The van der Waals surface area contributed by atoms with Gasteiger partial charge >= 0.3 is 0 Å². The molecule has 1 aliphatic rings. The van der Waals surface area contributed by atoms with E-state index in [1.165, 1.54) is 23.1 Å². The largest absolute Gasteiger partial charge is 0.370 e. The molecule has 2 aromatic rings. The van der Waals surface area contributed by atoms with Crippen LogP contribution in [0.2, 0.25) is 0 Å². The standard InChI is InChI=1S/C19H23N5O3S2/c1-2-16(26)24(14-8-9-14)18-21-22-19(29-18)28-12-17(27)23(11-10-15(20)25)13-6-4-3-5-7-13/h3-7,14H,2,8-12H2,1H3,(H2,20,25). The van der Waals surface area contributed by atoms with Crippen molar-refractivity contribution in [2.75, 3.05) is 22.1 Å². The van der Waals surface area contributed by atoms with E-state index in [9.17, 15) is 14.4 Å². The van der Waals surface area contributed by atoms with Crippen LogP contribution in [0.25, 0.3) is 0 Å². The molecular formula is C19H23N5O3S2. The molecule has 1 heterocycles. The van der Waals surface area contributed by atoms with Gasteiger partial charge in [-0.05, 0) is 25.0 Å². The van der Waals surface area contributed by atoms with E-state index in [2.05, 4.69) is 10.2 Å². The molecule has 0 saturated heterocycles. The lowest BCUT2D eigenvalue weighted by atomic mass is 10.2. The lowest BCUT2D eigenvalue weighted by molar-refractivity contribution is -0.119. The van der Waals surface area contributed by atoms with E-state index in [4.69, 9.17) is 5.73 Å². The Hall–Kier alpha value is -2.46. The van der Waals surface area contributed by atoms with Gasteiger partial charge in [-0.3, -0.25) is 19.3 Å². The Bertz CT molecular complexity index is 870. The van der Waals surface area contributed by atoms with Gasteiger partial charge in [-0.1, -0.05) is 48.2 Å². The number of amides is 3. The molecule has 154 valence electrons. The van der Waals surface area contributed by atoms with Crippen molar-refractivity contribution in [2.45, 2.75) is 43.0 Å². The van der Waals surface area contributed by atoms with Crippen LogP contribution in [0.3, 0.4) is 0 Å². The fraction of sp³-hybridized carbons (Fsp3) is 0.421. The summed E-state index contributed by atoms with van der Waals surface area (Å²) in [6.07, 6.45) is 2.48. The summed E-state index contributed by atoms with van der Waals surface area (Å²) in [6.45, 7) is 2.05. The molecule has 3 rings (SSSR count). The average molecular weight is 434 g/mol. The Morgan fingerprint density at radius 3 is 2.52 bits per heavy atom. The molecule has 0 unspecified atom stereocenters. The van der Waals surface area contributed by atoms with Gasteiger partial charge in [0.05, 0.1) is 5.75 Å². The van der Waals surface area contributed by atoms with E-state index in [0.29, 0.717) is 21.6 Å². The van der Waals surface area contributed by atoms with Gasteiger partial charge in [-0.2, -0.15) is 0 Å². The minimum absolute atomic E-state index is 0.0398. The summed E-state index contributed by atoms with van der Waals surface area (Å²) in [6, 6.07) is 9.38. The molecule has 0 spiro atoms. The molecule has 29 heavy (non-hydrogen) atoms. The SMILES string of the molecule is CCC(=O)N(c1nnc(SCC(=O)N(CCC(N)=O)c2ccccc2)s1)C1CC1. The molecule has 8 nitrogen and oxygen atoms in total. The normalized spacial score (nSPS) is 13.1. The summed E-state index contributed by atoms with van der Waals surface area (Å²) in [4.78, 5) is 39.4. The number of rotatable bonds is 10. The molecule has 1 fully saturated rings. The number of primary amides is 1. The van der Waals surface area contributed by atoms with Crippen LogP contribution in [0.15, 0.2) is 34.7 Å². The maximum atomic E-state index is 12.8. The van der Waals surface area contributed by atoms with E-state index in [0.717, 1.165) is 12.8 Å². The molecule has 3 amide bonds. The van der Waals surface area contributed by atoms with E-state index < -0.39 is 5.91 Å². The van der Waals surface area contributed by atoms with E-state index in [1.54, 1.807) is 9.80 Å². The molecule has 0 aliphatic heterocycles. The lowest BCUT2D eigenvalue weighted by Crippen LogP contribution is -2.35. The number of para-hydroxylation sites is 1. The zero-order chi connectivity index (χ0) is 20.8. The summed E-state index contributed by atoms with van der Waals surface area (Å²) < 4.78 is 0.630. The monoisotopic (exact) mass is 433 g/mol. The van der Waals surface area contributed by atoms with Crippen molar-refractivity contribution in [1.82, 2.24) is 10.2 Å². The first kappa shape index (κ1) is 21.3. The van der Waals surface area contributed by atoms with Crippen molar-refractivity contribution >= 4 is 51.6 Å². The van der Waals surface area contributed by atoms with Crippen LogP contribution >= 0.6 is 23.1 Å². The van der Waals surface area contributed by atoms with Crippen LogP contribution in [0.4, 0.5) is 10.8 Å². The summed E-state index contributed by atoms with van der Waals surface area (Å²) in [5.74, 6) is -0.422. The van der Waals surface area contributed by atoms with Gasteiger partial charge in [-0.15, -0.1) is 10.2 Å². The number of anilines is 2. The Labute approximate surface area is 177 Å². The third kappa shape index (κ3) is 5.77. The fourth-order valence-electron chi connectivity index (χ4n) is 2.76. The van der Waals surface area contributed by atoms with Crippen molar-refractivity contribution < 1.29 is 14.4 Å². The molecule has 0 bridgehead atoms. The summed E-state index contributed by atoms with van der Waals surface area (Å²) in [5.41, 5.74) is 5.96. The lowest BCUT2D eigenvalue weighted by Gasteiger charge is -2.22. The van der Waals surface area contributed by atoms with Gasteiger partial charge in [0.1, 0.15) is 0 Å². The quantitative estimate of drug-likeness (QED) is 0.455. The van der Waals surface area contributed by atoms with Crippen molar-refractivity contribution in [3.8, 4) is 0 Å². The highest BCUT2D eigenvalue weighted by atomic mass is 32.2. The van der Waals surface area contributed by atoms with E-state index in [1.807, 2.05) is 37.3 Å². The minimum atomic E-state index is -0.457. The van der Waals surface area contributed by atoms with Gasteiger partial charge in [0.2, 0.25) is 22.9 Å². The number of carbonyl (C=O) groups is 3. The van der Waals surface area contributed by atoms with Crippen molar-refractivity contribution in [2.24, 2.45) is 5.73 Å². The molecule has 1 aromatic heterocycles. The van der Waals surface area contributed by atoms with Crippen LogP contribution < -0.4 is 15.5 Å². The van der Waals surface area contributed by atoms with Gasteiger partial charge in [0.25, 0.3) is 0 Å². The summed E-state index contributed by atoms with van der Waals surface area (Å²) in [5, 5.41) is 8.87. The third-order valence-corrected chi connectivity index (χ3v) is 6.40. The second-order valence-corrected chi connectivity index (χ2v) is 8.76. The Balaban J connectivity index is 1.64. The maximum absolute atomic E-state index is 12.8. The van der Waals surface area contributed by atoms with Crippen LogP contribution in [-0.2, 0) is 14.4 Å². The Morgan fingerprint density at radius 2 is 1.90 bits per heavy atom. The predicted molar refractivity (Wildman–Crippen MR) is 114 cm³/mol. The molecule has 1 saturated carbocycles. The molecule has 1 aromatic carbocycles. The van der Waals surface area contributed by atoms with E-state index >= 15 is 0 Å². The Morgan fingerprint density at radius 1 is 1.17 bits per heavy atom. The molecular weight excluding hydrogens is 410 g/mol. The maximum Gasteiger partial charge on any atom is 0.237 e. The first-order chi connectivity index (χ1) is 14.0. The van der Waals surface area contributed by atoms with Gasteiger partial charge in [-0.25, -0.2) is 0 Å². The topological polar surface area (TPSA) is 109 Å². The Kier molecular flexibility index (Phi) is 7.21. The van der Waals surface area contributed by atoms with Gasteiger partial charge in [0, 0.05) is 31.1 Å². The smallest absolute Gasteiger partial charge is 0.237 e. The van der Waals surface area contributed by atoms with Crippen LogP contribution in [-0.4, -0.2) is 46.3 Å². The van der Waals surface area contributed by atoms with E-state index in [-0.39, 0.29) is 36.6 Å². The molecule has 0 atom stereocenters. The number of nitrogens with zero attached hydrogens (tertiary/aromatic N) is 4. The number of carbonyl (C=O) groups excluding carboxylic acids is 3. The zero-order valence-electron chi connectivity index (χ0n) is 16.1. The molecule has 10 heteroatoms. The molecule has 0 radical (unpaired) electrons. The van der Waals surface area contributed by atoms with Crippen LogP contribution in [0, 0.1) is 0 Å². The second-order valence-electron chi connectivity index (χ2n) is 6.58. The summed E-state index contributed by atoms with van der Waals surface area (Å²) in [7, 11) is 0. The number of aromatic nitrogens is 2. The van der Waals surface area contributed by atoms with Crippen LogP contribution in [0.1, 0.15) is 32.6 Å². The van der Waals surface area contributed by atoms with Crippen molar-refractivity contribution in [3.63, 3.8) is 0 Å². The number of nitrogens with two attached hydrogens (primary N) is 1. The minimum Gasteiger partial charge on any atom is -0.370 e. The highest BCUT2D eigenvalue weighted by Crippen LogP contribution is 2.36. The molecule has 2 N–H and O–H groups in total. The van der Waals surface area contributed by atoms with Gasteiger partial charge < -0.3 is 10.6 Å². The first-order valence-corrected chi connectivity index (χ1v) is 11.2. The predicted octanol–water partition coefficient (Wildman–Crippen LogP) is 2.44. The van der Waals surface area contributed by atoms with Crippen LogP contribution in [0.5, 0.6) is 0 Å². The molecule has 1 aliphatic carbocycles. The number of thioether (sulfide) groups is 1. The van der Waals surface area contributed by atoms with Crippen molar-refractivity contribution in [3.05, 3.63) is 30.3 Å². The fourth-order valence-corrected chi connectivity index (χ4v) is 4.56. The van der Waals surface area contributed by atoms with Crippen molar-refractivity contribution in [1.29, 1.82) is 0 Å². The third-order valence-electron chi connectivity index (χ3n) is 4.35. The number of benzene rings is 1. The second kappa shape index (κ2) is 9.84. The zero-order valence-corrected chi connectivity index (χ0v) is 17.7. The number of hydrogen-bond acceptors (Lipinski definition) is 7. The van der Waals surface area contributed by atoms with Gasteiger partial charge in [0.15, 0.2) is 4.34 Å². The number of hydrogen-bond donors (Lipinski definition) is 1.